The first-order valence-electron chi connectivity index (χ1n) is 6.59. The minimum absolute atomic E-state index is 0.216. The summed E-state index contributed by atoms with van der Waals surface area (Å²) in [5.41, 5.74) is 1.96. The zero-order valence-electron chi connectivity index (χ0n) is 11.8. The maximum atomic E-state index is 11.8. The van der Waals surface area contributed by atoms with Gasteiger partial charge >= 0.3 is 6.09 Å². The number of carbonyl (C=O) groups excluding carboxylic acids is 1. The van der Waals surface area contributed by atoms with Crippen molar-refractivity contribution in [3.05, 3.63) is 42.0 Å². The normalized spacial score (nSPS) is 15.8. The van der Waals surface area contributed by atoms with Gasteiger partial charge in [-0.05, 0) is 31.9 Å². The highest BCUT2D eigenvalue weighted by atomic mass is 16.6. The SMILES string of the molecule is C=Cc1ccc(C2CN(C(=O)OC(C)(C)C)C2)cc1. The second kappa shape index (κ2) is 5.08. The fraction of sp³-hybridized carbons (Fsp3) is 0.438. The maximum absolute atomic E-state index is 11.8. The lowest BCUT2D eigenvalue weighted by Crippen LogP contribution is -2.50. The Morgan fingerprint density at radius 2 is 1.89 bits per heavy atom. The van der Waals surface area contributed by atoms with Crippen LogP contribution in [0.2, 0.25) is 0 Å². The third-order valence-corrected chi connectivity index (χ3v) is 3.18. The van der Waals surface area contributed by atoms with Gasteiger partial charge in [0.15, 0.2) is 0 Å². The Kier molecular flexibility index (Phi) is 3.65. The van der Waals surface area contributed by atoms with Crippen LogP contribution < -0.4 is 0 Å². The molecule has 0 N–H and O–H groups in total. The number of hydrogen-bond donors (Lipinski definition) is 0. The van der Waals surface area contributed by atoms with Crippen molar-refractivity contribution in [2.75, 3.05) is 13.1 Å². The summed E-state index contributed by atoms with van der Waals surface area (Å²) in [6.45, 7) is 10.9. The smallest absolute Gasteiger partial charge is 0.410 e. The molecule has 0 spiro atoms. The molecule has 1 heterocycles. The molecular weight excluding hydrogens is 238 g/mol. The van der Waals surface area contributed by atoms with E-state index >= 15 is 0 Å². The molecule has 102 valence electrons. The maximum Gasteiger partial charge on any atom is 0.410 e. The fourth-order valence-electron chi connectivity index (χ4n) is 2.07. The van der Waals surface area contributed by atoms with Crippen molar-refractivity contribution in [3.8, 4) is 0 Å². The number of ether oxygens (including phenoxy) is 1. The molecule has 1 aliphatic rings. The monoisotopic (exact) mass is 259 g/mol. The van der Waals surface area contributed by atoms with Crippen LogP contribution in [0.4, 0.5) is 4.79 Å². The van der Waals surface area contributed by atoms with Crippen molar-refractivity contribution in [2.45, 2.75) is 32.3 Å². The Labute approximate surface area is 114 Å². The van der Waals surface area contributed by atoms with Crippen LogP contribution in [-0.2, 0) is 4.74 Å². The van der Waals surface area contributed by atoms with Crippen LogP contribution in [0.5, 0.6) is 0 Å². The average Bonchev–Trinajstić information content (AvgIpc) is 2.25. The Hall–Kier alpha value is -1.77. The number of benzene rings is 1. The standard InChI is InChI=1S/C16H21NO2/c1-5-12-6-8-13(9-7-12)14-10-17(11-14)15(18)19-16(2,3)4/h5-9,14H,1,10-11H2,2-4H3. The third-order valence-electron chi connectivity index (χ3n) is 3.18. The van der Waals surface area contributed by atoms with Crippen LogP contribution in [0.1, 0.15) is 37.8 Å². The van der Waals surface area contributed by atoms with E-state index in [-0.39, 0.29) is 6.09 Å². The number of amides is 1. The van der Waals surface area contributed by atoms with Gasteiger partial charge in [0.05, 0.1) is 0 Å². The van der Waals surface area contributed by atoms with Gasteiger partial charge in [0.2, 0.25) is 0 Å². The molecule has 1 aromatic carbocycles. The largest absolute Gasteiger partial charge is 0.444 e. The summed E-state index contributed by atoms with van der Waals surface area (Å²) in [7, 11) is 0. The van der Waals surface area contributed by atoms with Crippen molar-refractivity contribution in [2.24, 2.45) is 0 Å². The molecule has 1 amide bonds. The van der Waals surface area contributed by atoms with Gasteiger partial charge in [-0.1, -0.05) is 36.9 Å². The van der Waals surface area contributed by atoms with Crippen molar-refractivity contribution in [3.63, 3.8) is 0 Å². The minimum Gasteiger partial charge on any atom is -0.444 e. The van der Waals surface area contributed by atoms with E-state index in [0.29, 0.717) is 5.92 Å². The molecule has 0 radical (unpaired) electrons. The van der Waals surface area contributed by atoms with E-state index in [4.69, 9.17) is 4.74 Å². The Morgan fingerprint density at radius 1 is 1.32 bits per heavy atom. The second-order valence-corrected chi connectivity index (χ2v) is 5.95. The van der Waals surface area contributed by atoms with Crippen molar-refractivity contribution < 1.29 is 9.53 Å². The van der Waals surface area contributed by atoms with Gasteiger partial charge in [0.1, 0.15) is 5.60 Å². The zero-order chi connectivity index (χ0) is 14.0. The van der Waals surface area contributed by atoms with Gasteiger partial charge < -0.3 is 9.64 Å². The molecule has 1 fully saturated rings. The summed E-state index contributed by atoms with van der Waals surface area (Å²) in [5.74, 6) is 0.423. The number of nitrogens with zero attached hydrogens (tertiary/aromatic N) is 1. The highest BCUT2D eigenvalue weighted by Crippen LogP contribution is 2.28. The van der Waals surface area contributed by atoms with Crippen LogP contribution in [-0.4, -0.2) is 29.7 Å². The summed E-state index contributed by atoms with van der Waals surface area (Å²) in [4.78, 5) is 13.6. The molecule has 0 aliphatic carbocycles. The Morgan fingerprint density at radius 3 is 2.37 bits per heavy atom. The molecule has 19 heavy (non-hydrogen) atoms. The molecule has 1 aliphatic heterocycles. The van der Waals surface area contributed by atoms with Crippen LogP contribution in [0.3, 0.4) is 0 Å². The molecule has 0 aromatic heterocycles. The van der Waals surface area contributed by atoms with Crippen LogP contribution in [0.25, 0.3) is 6.08 Å². The topological polar surface area (TPSA) is 29.5 Å². The lowest BCUT2D eigenvalue weighted by atomic mass is 9.91. The molecule has 0 saturated carbocycles. The number of carbonyl (C=O) groups is 1. The molecule has 1 saturated heterocycles. The summed E-state index contributed by atoms with van der Waals surface area (Å²) >= 11 is 0. The van der Waals surface area contributed by atoms with E-state index in [2.05, 4.69) is 30.8 Å². The fourth-order valence-corrected chi connectivity index (χ4v) is 2.07. The average molecular weight is 259 g/mol. The van der Waals surface area contributed by atoms with E-state index in [9.17, 15) is 4.79 Å². The van der Waals surface area contributed by atoms with Crippen molar-refractivity contribution in [1.82, 2.24) is 4.90 Å². The molecule has 3 nitrogen and oxygen atoms in total. The van der Waals surface area contributed by atoms with Crippen LogP contribution in [0.15, 0.2) is 30.8 Å². The van der Waals surface area contributed by atoms with E-state index in [1.54, 1.807) is 4.90 Å². The molecule has 1 aromatic rings. The third kappa shape index (κ3) is 3.37. The van der Waals surface area contributed by atoms with E-state index in [0.717, 1.165) is 18.7 Å². The Balaban J connectivity index is 1.88. The van der Waals surface area contributed by atoms with E-state index in [1.807, 2.05) is 26.8 Å². The van der Waals surface area contributed by atoms with Gasteiger partial charge in [-0.25, -0.2) is 4.79 Å². The van der Waals surface area contributed by atoms with Crippen molar-refractivity contribution in [1.29, 1.82) is 0 Å². The zero-order valence-corrected chi connectivity index (χ0v) is 11.8. The lowest BCUT2D eigenvalue weighted by Gasteiger charge is -2.40. The first kappa shape index (κ1) is 13.7. The Bertz CT molecular complexity index is 465. The summed E-state index contributed by atoms with van der Waals surface area (Å²) < 4.78 is 5.34. The summed E-state index contributed by atoms with van der Waals surface area (Å²) in [5, 5.41) is 0. The first-order valence-corrected chi connectivity index (χ1v) is 6.59. The number of hydrogen-bond acceptors (Lipinski definition) is 2. The van der Waals surface area contributed by atoms with Gasteiger partial charge in [-0.15, -0.1) is 0 Å². The molecule has 0 unspecified atom stereocenters. The quantitative estimate of drug-likeness (QED) is 0.811. The number of rotatable bonds is 2. The lowest BCUT2D eigenvalue weighted by molar-refractivity contribution is 0.00820. The summed E-state index contributed by atoms with van der Waals surface area (Å²) in [6.07, 6.45) is 1.61. The molecule has 0 bridgehead atoms. The van der Waals surface area contributed by atoms with Gasteiger partial charge in [-0.3, -0.25) is 0 Å². The van der Waals surface area contributed by atoms with Crippen LogP contribution >= 0.6 is 0 Å². The molecule has 2 rings (SSSR count). The molecular formula is C16H21NO2. The van der Waals surface area contributed by atoms with Gasteiger partial charge in [0.25, 0.3) is 0 Å². The highest BCUT2D eigenvalue weighted by Gasteiger charge is 2.34. The van der Waals surface area contributed by atoms with E-state index < -0.39 is 5.60 Å². The van der Waals surface area contributed by atoms with Crippen molar-refractivity contribution >= 4 is 12.2 Å². The number of likely N-dealkylation sites (tertiary alicyclic amines) is 1. The highest BCUT2D eigenvalue weighted by molar-refractivity contribution is 5.69. The minimum atomic E-state index is -0.423. The second-order valence-electron chi connectivity index (χ2n) is 5.95. The van der Waals surface area contributed by atoms with E-state index in [1.165, 1.54) is 5.56 Å². The predicted octanol–water partition coefficient (Wildman–Crippen LogP) is 3.66. The molecule has 3 heteroatoms. The van der Waals surface area contributed by atoms with Gasteiger partial charge in [0, 0.05) is 19.0 Å². The predicted molar refractivity (Wildman–Crippen MR) is 77.1 cm³/mol. The van der Waals surface area contributed by atoms with Crippen LogP contribution in [0, 0.1) is 0 Å². The molecule has 0 atom stereocenters. The van der Waals surface area contributed by atoms with Gasteiger partial charge in [-0.2, -0.15) is 0 Å². The first-order chi connectivity index (χ1) is 8.89. The summed E-state index contributed by atoms with van der Waals surface area (Å²) in [6, 6.07) is 8.32.